The van der Waals surface area contributed by atoms with Crippen molar-refractivity contribution in [1.82, 2.24) is 4.57 Å². The number of nitrogens with two attached hydrogens (primary N) is 1. The van der Waals surface area contributed by atoms with Crippen LogP contribution in [0.5, 0.6) is 0 Å². The average molecular weight is 359 g/mol. The fourth-order valence-electron chi connectivity index (χ4n) is 4.03. The van der Waals surface area contributed by atoms with Crippen LogP contribution in [0.2, 0.25) is 0 Å². The van der Waals surface area contributed by atoms with Crippen LogP contribution in [0.15, 0.2) is 17.1 Å². The van der Waals surface area contributed by atoms with Gasteiger partial charge in [-0.25, -0.2) is 9.18 Å². The summed E-state index contributed by atoms with van der Waals surface area (Å²) in [6.07, 6.45) is 3.27. The Labute approximate surface area is 150 Å². The number of benzene rings is 1. The largest absolute Gasteiger partial charge is 0.477 e. The molecule has 1 aromatic heterocycles. The Morgan fingerprint density at radius 3 is 2.58 bits per heavy atom. The Hall–Kier alpha value is -2.41. The highest BCUT2D eigenvalue weighted by Gasteiger charge is 2.32. The number of pyridine rings is 1. The molecule has 2 aliphatic rings. The van der Waals surface area contributed by atoms with E-state index in [1.807, 2.05) is 16.4 Å². The van der Waals surface area contributed by atoms with E-state index in [2.05, 4.69) is 0 Å². The van der Waals surface area contributed by atoms with Gasteiger partial charge in [0.1, 0.15) is 11.4 Å². The Kier molecular flexibility index (Phi) is 3.80. The van der Waals surface area contributed by atoms with Crippen LogP contribution in [0.4, 0.5) is 10.1 Å². The van der Waals surface area contributed by atoms with E-state index >= 15 is 0 Å². The average Bonchev–Trinajstić information content (AvgIpc) is 3.35. The second-order valence-electron chi connectivity index (χ2n) is 7.59. The third-order valence-corrected chi connectivity index (χ3v) is 5.64. The highest BCUT2D eigenvalue weighted by Crippen LogP contribution is 2.40. The zero-order valence-corrected chi connectivity index (χ0v) is 14.8. The molecule has 0 unspecified atom stereocenters. The fourth-order valence-corrected chi connectivity index (χ4v) is 4.03. The summed E-state index contributed by atoms with van der Waals surface area (Å²) in [7, 11) is 0. The van der Waals surface area contributed by atoms with Crippen LogP contribution in [0.3, 0.4) is 0 Å². The molecule has 1 saturated carbocycles. The maximum Gasteiger partial charge on any atom is 0.341 e. The molecule has 138 valence electrons. The molecule has 1 aliphatic carbocycles. The quantitative estimate of drug-likeness (QED) is 0.878. The molecule has 1 aliphatic heterocycles. The van der Waals surface area contributed by atoms with Gasteiger partial charge in [-0.1, -0.05) is 6.92 Å². The number of nitrogens with zero attached hydrogens (tertiary/aromatic N) is 2. The molecular formula is C19H22FN3O3. The van der Waals surface area contributed by atoms with E-state index in [1.54, 1.807) is 6.92 Å². The third-order valence-electron chi connectivity index (χ3n) is 5.64. The Morgan fingerprint density at radius 2 is 2.04 bits per heavy atom. The van der Waals surface area contributed by atoms with Crippen LogP contribution in [0.1, 0.15) is 41.7 Å². The molecule has 1 aromatic carbocycles. The molecule has 26 heavy (non-hydrogen) atoms. The van der Waals surface area contributed by atoms with Crippen molar-refractivity contribution in [1.29, 1.82) is 0 Å². The van der Waals surface area contributed by atoms with Gasteiger partial charge < -0.3 is 20.3 Å². The van der Waals surface area contributed by atoms with Crippen molar-refractivity contribution < 1.29 is 14.3 Å². The predicted molar refractivity (Wildman–Crippen MR) is 97.5 cm³/mol. The van der Waals surface area contributed by atoms with Gasteiger partial charge in [0.2, 0.25) is 5.43 Å². The Morgan fingerprint density at radius 1 is 1.35 bits per heavy atom. The standard InChI is InChI=1S/C19H22FN3O3/c1-9-6-22(8-15(9)21)17-10(2)16-12(5-14(17)20)18(24)13(19(25)26)7-23(16)11-3-4-11/h5,7,9,11,15H,3-4,6,8,21H2,1-2H3,(H,25,26)/t9-,15-/m0/s1. The number of halogens is 1. The number of anilines is 1. The third kappa shape index (κ3) is 2.49. The van der Waals surface area contributed by atoms with Gasteiger partial charge in [0, 0.05) is 36.8 Å². The van der Waals surface area contributed by atoms with Crippen LogP contribution < -0.4 is 16.1 Å². The number of hydrogen-bond acceptors (Lipinski definition) is 4. The lowest BCUT2D eigenvalue weighted by atomic mass is 10.0. The van der Waals surface area contributed by atoms with Crippen LogP contribution in [0, 0.1) is 18.7 Å². The first-order valence-corrected chi connectivity index (χ1v) is 8.91. The fraction of sp³-hybridized carbons (Fsp3) is 0.474. The van der Waals surface area contributed by atoms with Crippen molar-refractivity contribution in [2.24, 2.45) is 11.7 Å². The minimum absolute atomic E-state index is 0.0236. The molecular weight excluding hydrogens is 337 g/mol. The van der Waals surface area contributed by atoms with E-state index in [0.29, 0.717) is 29.9 Å². The first kappa shape index (κ1) is 17.0. The number of carbonyl (C=O) groups is 1. The summed E-state index contributed by atoms with van der Waals surface area (Å²) in [5, 5.41) is 9.48. The molecule has 2 atom stereocenters. The molecule has 2 aromatic rings. The maximum atomic E-state index is 15.0. The molecule has 4 rings (SSSR count). The summed E-state index contributed by atoms with van der Waals surface area (Å²) in [6, 6.07) is 1.33. The van der Waals surface area contributed by atoms with Crippen LogP contribution in [-0.4, -0.2) is 34.8 Å². The molecule has 3 N–H and O–H groups in total. The molecule has 2 fully saturated rings. The number of hydrogen-bond donors (Lipinski definition) is 2. The van der Waals surface area contributed by atoms with Crippen LogP contribution in [0.25, 0.3) is 10.9 Å². The van der Waals surface area contributed by atoms with E-state index in [-0.39, 0.29) is 29.0 Å². The number of carboxylic acid groups (broad SMARTS) is 1. The summed E-state index contributed by atoms with van der Waals surface area (Å²) in [5.74, 6) is -1.53. The lowest BCUT2D eigenvalue weighted by Gasteiger charge is -2.24. The topological polar surface area (TPSA) is 88.6 Å². The van der Waals surface area contributed by atoms with Gasteiger partial charge in [0.05, 0.1) is 11.2 Å². The Bertz CT molecular complexity index is 970. The van der Waals surface area contributed by atoms with E-state index in [9.17, 15) is 19.1 Å². The van der Waals surface area contributed by atoms with Gasteiger partial charge in [0.15, 0.2) is 0 Å². The summed E-state index contributed by atoms with van der Waals surface area (Å²) in [6.45, 7) is 5.06. The summed E-state index contributed by atoms with van der Waals surface area (Å²) >= 11 is 0. The Balaban J connectivity index is 2.00. The number of aromatic nitrogens is 1. The van der Waals surface area contributed by atoms with Gasteiger partial charge >= 0.3 is 5.97 Å². The number of carboxylic acids is 1. The van der Waals surface area contributed by atoms with Crippen LogP contribution >= 0.6 is 0 Å². The molecule has 2 heterocycles. The highest BCUT2D eigenvalue weighted by molar-refractivity contribution is 5.95. The minimum atomic E-state index is -1.28. The van der Waals surface area contributed by atoms with E-state index in [1.165, 1.54) is 12.3 Å². The van der Waals surface area contributed by atoms with E-state index in [0.717, 1.165) is 12.8 Å². The van der Waals surface area contributed by atoms with Gasteiger partial charge in [-0.15, -0.1) is 0 Å². The monoisotopic (exact) mass is 359 g/mol. The molecule has 0 spiro atoms. The zero-order valence-electron chi connectivity index (χ0n) is 14.8. The first-order valence-electron chi connectivity index (χ1n) is 8.91. The first-order chi connectivity index (χ1) is 12.3. The minimum Gasteiger partial charge on any atom is -0.477 e. The molecule has 0 bridgehead atoms. The molecule has 1 saturated heterocycles. The predicted octanol–water partition coefficient (Wildman–Crippen LogP) is 2.27. The van der Waals surface area contributed by atoms with Gasteiger partial charge in [-0.3, -0.25) is 4.79 Å². The smallest absolute Gasteiger partial charge is 0.341 e. The van der Waals surface area contributed by atoms with Gasteiger partial charge in [-0.05, 0) is 37.3 Å². The van der Waals surface area contributed by atoms with E-state index in [4.69, 9.17) is 5.73 Å². The van der Waals surface area contributed by atoms with E-state index < -0.39 is 17.2 Å². The van der Waals surface area contributed by atoms with Crippen molar-refractivity contribution in [3.05, 3.63) is 39.4 Å². The van der Waals surface area contributed by atoms with Gasteiger partial charge in [0.25, 0.3) is 0 Å². The van der Waals surface area contributed by atoms with Crippen LogP contribution in [-0.2, 0) is 0 Å². The normalized spacial score (nSPS) is 23.0. The number of aryl methyl sites for hydroxylation is 1. The maximum absolute atomic E-state index is 15.0. The van der Waals surface area contributed by atoms with Crippen molar-refractivity contribution in [2.75, 3.05) is 18.0 Å². The summed E-state index contributed by atoms with van der Waals surface area (Å²) in [4.78, 5) is 26.0. The van der Waals surface area contributed by atoms with Crippen molar-refractivity contribution in [2.45, 2.75) is 38.8 Å². The molecule has 0 amide bonds. The second kappa shape index (κ2) is 5.81. The van der Waals surface area contributed by atoms with Crippen molar-refractivity contribution in [3.8, 4) is 0 Å². The summed E-state index contributed by atoms with van der Waals surface area (Å²) < 4.78 is 16.8. The number of aromatic carboxylic acids is 1. The number of rotatable bonds is 3. The SMILES string of the molecule is Cc1c(N2C[C@H](C)[C@@H](N)C2)c(F)cc2c(=O)c(C(=O)O)cn(C3CC3)c12. The number of fused-ring (bicyclic) bond motifs is 1. The highest BCUT2D eigenvalue weighted by atomic mass is 19.1. The second-order valence-corrected chi connectivity index (χ2v) is 7.59. The van der Waals surface area contributed by atoms with Gasteiger partial charge in [-0.2, -0.15) is 0 Å². The molecule has 6 nitrogen and oxygen atoms in total. The summed E-state index contributed by atoms with van der Waals surface area (Å²) in [5.41, 5.74) is 6.92. The van der Waals surface area contributed by atoms with Crippen molar-refractivity contribution >= 4 is 22.6 Å². The lowest BCUT2D eigenvalue weighted by molar-refractivity contribution is 0.0695. The zero-order chi connectivity index (χ0) is 18.7. The lowest BCUT2D eigenvalue weighted by Crippen LogP contribution is -2.29. The van der Waals surface area contributed by atoms with Crippen molar-refractivity contribution in [3.63, 3.8) is 0 Å². The molecule has 0 radical (unpaired) electrons. The molecule has 7 heteroatoms.